The summed E-state index contributed by atoms with van der Waals surface area (Å²) in [6.45, 7) is 0.311. The van der Waals surface area contributed by atoms with Crippen LogP contribution < -0.4 is 14.8 Å². The Morgan fingerprint density at radius 3 is 2.67 bits per heavy atom. The summed E-state index contributed by atoms with van der Waals surface area (Å²) in [4.78, 5) is 12.6. The summed E-state index contributed by atoms with van der Waals surface area (Å²) in [6.07, 6.45) is 1.19. The topological polar surface area (TPSA) is 111 Å². The van der Waals surface area contributed by atoms with E-state index in [9.17, 15) is 17.6 Å². The summed E-state index contributed by atoms with van der Waals surface area (Å²) >= 11 is 1.01. The summed E-state index contributed by atoms with van der Waals surface area (Å²) in [7, 11) is -0.956. The van der Waals surface area contributed by atoms with Crippen molar-refractivity contribution in [3.8, 4) is 11.5 Å². The van der Waals surface area contributed by atoms with E-state index in [1.807, 2.05) is 0 Å². The number of rotatable bonds is 7. The van der Waals surface area contributed by atoms with Gasteiger partial charge in [-0.25, -0.2) is 12.8 Å². The predicted molar refractivity (Wildman–Crippen MR) is 120 cm³/mol. The fraction of sp³-hybridized carbons (Fsp3) is 0.286. The minimum absolute atomic E-state index is 0.0598. The molecule has 3 aromatic rings. The van der Waals surface area contributed by atoms with Crippen LogP contribution in [0.15, 0.2) is 47.4 Å². The average molecular weight is 493 g/mol. The van der Waals surface area contributed by atoms with E-state index in [1.54, 1.807) is 6.07 Å². The van der Waals surface area contributed by atoms with Gasteiger partial charge < -0.3 is 14.8 Å². The number of sulfonamides is 1. The highest BCUT2D eigenvalue weighted by atomic mass is 32.2. The lowest BCUT2D eigenvalue weighted by atomic mass is 10.2. The molecule has 4 rings (SSSR count). The van der Waals surface area contributed by atoms with Gasteiger partial charge in [-0.05, 0) is 43.2 Å². The highest BCUT2D eigenvalue weighted by molar-refractivity contribution is 7.89. The molecule has 0 unspecified atom stereocenters. The summed E-state index contributed by atoms with van der Waals surface area (Å²) in [5.41, 5.74) is 0.287. The van der Waals surface area contributed by atoms with Crippen molar-refractivity contribution in [3.05, 3.63) is 58.3 Å². The maximum absolute atomic E-state index is 13.4. The van der Waals surface area contributed by atoms with Crippen molar-refractivity contribution in [3.63, 3.8) is 0 Å². The molecule has 2 aromatic carbocycles. The Bertz CT molecular complexity index is 1280. The molecule has 0 bridgehead atoms. The van der Waals surface area contributed by atoms with Crippen LogP contribution in [0, 0.1) is 5.82 Å². The zero-order valence-corrected chi connectivity index (χ0v) is 19.5. The first-order valence-electron chi connectivity index (χ1n) is 9.97. The van der Waals surface area contributed by atoms with E-state index in [0.29, 0.717) is 35.9 Å². The highest BCUT2D eigenvalue weighted by Gasteiger charge is 2.38. The van der Waals surface area contributed by atoms with Crippen molar-refractivity contribution in [1.82, 2.24) is 14.5 Å². The molecule has 1 saturated heterocycles. The van der Waals surface area contributed by atoms with Crippen molar-refractivity contribution < 1.29 is 27.1 Å². The van der Waals surface area contributed by atoms with Gasteiger partial charge in [0.15, 0.2) is 11.5 Å². The number of aromatic nitrogens is 2. The molecule has 0 radical (unpaired) electrons. The van der Waals surface area contributed by atoms with Crippen LogP contribution in [0.25, 0.3) is 0 Å². The average Bonchev–Trinajstić information content (AvgIpc) is 3.48. The molecule has 33 heavy (non-hydrogen) atoms. The first-order chi connectivity index (χ1) is 15.8. The number of amides is 1. The van der Waals surface area contributed by atoms with Gasteiger partial charge in [0.25, 0.3) is 5.91 Å². The molecule has 12 heteroatoms. The third-order valence-electron chi connectivity index (χ3n) is 5.17. The zero-order chi connectivity index (χ0) is 23.6. The lowest BCUT2D eigenvalue weighted by molar-refractivity contribution is 0.102. The van der Waals surface area contributed by atoms with Crippen molar-refractivity contribution in [2.75, 3.05) is 26.1 Å². The van der Waals surface area contributed by atoms with E-state index in [4.69, 9.17) is 9.47 Å². The summed E-state index contributed by atoms with van der Waals surface area (Å²) in [5, 5.41) is 11.0. The molecular formula is C21H21FN4O5S2. The Hall–Kier alpha value is -3.09. The van der Waals surface area contributed by atoms with Crippen LogP contribution in [0.2, 0.25) is 0 Å². The maximum atomic E-state index is 13.4. The molecule has 0 saturated carbocycles. The van der Waals surface area contributed by atoms with Gasteiger partial charge in [-0.1, -0.05) is 17.4 Å². The first kappa shape index (κ1) is 23.1. The molecule has 9 nitrogen and oxygen atoms in total. The van der Waals surface area contributed by atoms with Gasteiger partial charge in [0.2, 0.25) is 15.0 Å². The molecule has 2 heterocycles. The number of methoxy groups -OCH3 is 2. The molecule has 1 fully saturated rings. The number of halogens is 1. The normalized spacial score (nSPS) is 16.5. The van der Waals surface area contributed by atoms with E-state index in [-0.39, 0.29) is 15.6 Å². The smallest absolute Gasteiger partial charge is 0.286 e. The minimum atomic E-state index is -3.86. The van der Waals surface area contributed by atoms with Crippen LogP contribution in [-0.4, -0.2) is 49.6 Å². The number of carbonyl (C=O) groups is 1. The minimum Gasteiger partial charge on any atom is -0.493 e. The molecule has 0 aliphatic carbocycles. The van der Waals surface area contributed by atoms with Crippen LogP contribution in [0.3, 0.4) is 0 Å². The third-order valence-corrected chi connectivity index (χ3v) is 8.10. The van der Waals surface area contributed by atoms with Crippen molar-refractivity contribution in [2.24, 2.45) is 0 Å². The van der Waals surface area contributed by atoms with Crippen LogP contribution in [0.1, 0.15) is 33.7 Å². The van der Waals surface area contributed by atoms with Gasteiger partial charge in [0.05, 0.1) is 25.2 Å². The van der Waals surface area contributed by atoms with E-state index in [1.165, 1.54) is 54.9 Å². The summed E-state index contributed by atoms with van der Waals surface area (Å²) in [5.74, 6) is -0.293. The molecule has 1 atom stereocenters. The van der Waals surface area contributed by atoms with Crippen LogP contribution in [0.4, 0.5) is 10.1 Å². The van der Waals surface area contributed by atoms with E-state index in [0.717, 1.165) is 11.3 Å². The molecule has 1 aliphatic heterocycles. The van der Waals surface area contributed by atoms with Gasteiger partial charge in [-0.2, -0.15) is 4.31 Å². The number of hydrogen-bond acceptors (Lipinski definition) is 8. The lowest BCUT2D eigenvalue weighted by Gasteiger charge is -2.22. The van der Waals surface area contributed by atoms with Crippen LogP contribution in [0.5, 0.6) is 11.5 Å². The highest BCUT2D eigenvalue weighted by Crippen LogP contribution is 2.39. The second-order valence-corrected chi connectivity index (χ2v) is 10.1. The number of nitrogens with zero attached hydrogens (tertiary/aromatic N) is 3. The summed E-state index contributed by atoms with van der Waals surface area (Å²) < 4.78 is 51.9. The monoisotopic (exact) mass is 492 g/mol. The van der Waals surface area contributed by atoms with Crippen molar-refractivity contribution in [1.29, 1.82) is 0 Å². The van der Waals surface area contributed by atoms with Crippen LogP contribution in [-0.2, 0) is 10.0 Å². The Kier molecular flexibility index (Phi) is 6.58. The number of nitrogens with one attached hydrogen (secondary N) is 1. The molecule has 0 spiro atoms. The van der Waals surface area contributed by atoms with Gasteiger partial charge >= 0.3 is 0 Å². The third kappa shape index (κ3) is 4.68. The van der Waals surface area contributed by atoms with E-state index >= 15 is 0 Å². The Morgan fingerprint density at radius 2 is 1.94 bits per heavy atom. The summed E-state index contributed by atoms with van der Waals surface area (Å²) in [6, 6.07) is 9.36. The molecule has 1 aromatic heterocycles. The molecular weight excluding hydrogens is 471 g/mol. The molecule has 1 amide bonds. The van der Waals surface area contributed by atoms with E-state index in [2.05, 4.69) is 15.5 Å². The van der Waals surface area contributed by atoms with Gasteiger partial charge in [-0.3, -0.25) is 4.79 Å². The number of hydrogen-bond donors (Lipinski definition) is 1. The van der Waals surface area contributed by atoms with Gasteiger partial charge in [-0.15, -0.1) is 10.2 Å². The maximum Gasteiger partial charge on any atom is 0.286 e. The molecule has 174 valence electrons. The zero-order valence-electron chi connectivity index (χ0n) is 17.8. The molecule has 1 aliphatic rings. The first-order valence-corrected chi connectivity index (χ1v) is 12.2. The number of benzene rings is 2. The van der Waals surface area contributed by atoms with Crippen molar-refractivity contribution >= 4 is 33.0 Å². The lowest BCUT2D eigenvalue weighted by Crippen LogP contribution is -2.30. The predicted octanol–water partition coefficient (Wildman–Crippen LogP) is 3.47. The number of ether oxygens (including phenoxy) is 2. The molecule has 1 N–H and O–H groups in total. The fourth-order valence-electron chi connectivity index (χ4n) is 3.60. The fourth-order valence-corrected chi connectivity index (χ4v) is 6.23. The van der Waals surface area contributed by atoms with Gasteiger partial charge in [0.1, 0.15) is 10.8 Å². The SMILES string of the molecule is COc1ccc(S(=O)(=O)N2CCC[C@H]2c2nnc(C(=O)Nc3cccc(F)c3)s2)cc1OC. The Balaban J connectivity index is 1.56. The van der Waals surface area contributed by atoms with E-state index < -0.39 is 27.8 Å². The van der Waals surface area contributed by atoms with Gasteiger partial charge in [0, 0.05) is 18.3 Å². The number of carbonyl (C=O) groups excluding carboxylic acids is 1. The quantitative estimate of drug-likeness (QED) is 0.538. The Labute approximate surface area is 194 Å². The standard InChI is InChI=1S/C21H21FN4O5S2/c1-30-17-9-8-15(12-18(17)31-2)33(28,29)26-10-4-7-16(26)20-24-25-21(32-20)19(27)23-14-6-3-5-13(22)11-14/h3,5-6,8-9,11-12,16H,4,7,10H2,1-2H3,(H,23,27)/t16-/m0/s1. The second-order valence-electron chi connectivity index (χ2n) is 7.20. The van der Waals surface area contributed by atoms with Crippen molar-refractivity contribution in [2.45, 2.75) is 23.8 Å². The largest absolute Gasteiger partial charge is 0.493 e. The second kappa shape index (κ2) is 9.41. The number of anilines is 1. The van der Waals surface area contributed by atoms with Crippen LogP contribution >= 0.6 is 11.3 Å². The Morgan fingerprint density at radius 1 is 1.15 bits per heavy atom.